The number of benzene rings is 6. The average molecular weight is 644 g/mol. The van der Waals surface area contributed by atoms with Gasteiger partial charge in [0.1, 0.15) is 18.2 Å². The summed E-state index contributed by atoms with van der Waals surface area (Å²) >= 11 is 3.57. The Labute approximate surface area is 281 Å². The molecule has 226 valence electrons. The maximum Gasteiger partial charge on any atom is 0.197 e. The molecule has 0 amide bonds. The normalized spacial score (nSPS) is 12.4. The Bertz CT molecular complexity index is 2340. The molecule has 3 heterocycles. The maximum absolute atomic E-state index is 6.39. The average Bonchev–Trinajstić information content (AvgIpc) is 3.72. The van der Waals surface area contributed by atoms with E-state index in [1.165, 1.54) is 42.4 Å². The highest BCUT2D eigenvalue weighted by atomic mass is 32.1. The van der Waals surface area contributed by atoms with E-state index in [4.69, 9.17) is 9.47 Å². The van der Waals surface area contributed by atoms with Gasteiger partial charge in [0.25, 0.3) is 0 Å². The van der Waals surface area contributed by atoms with E-state index in [2.05, 4.69) is 150 Å². The van der Waals surface area contributed by atoms with Crippen molar-refractivity contribution in [3.05, 3.63) is 152 Å². The van der Waals surface area contributed by atoms with Gasteiger partial charge in [-0.15, -0.1) is 22.7 Å². The van der Waals surface area contributed by atoms with Crippen molar-refractivity contribution in [2.45, 2.75) is 0 Å². The number of hydrogen-bond acceptors (Lipinski definition) is 5. The molecule has 5 heteroatoms. The zero-order valence-electron chi connectivity index (χ0n) is 25.4. The largest absolute Gasteiger partial charge is 0.485 e. The Morgan fingerprint density at radius 2 is 1.02 bits per heavy atom. The fourth-order valence-electron chi connectivity index (χ4n) is 6.44. The third-order valence-corrected chi connectivity index (χ3v) is 11.1. The Hall–Kier alpha value is -5.36. The molecule has 6 aromatic carbocycles. The lowest BCUT2D eigenvalue weighted by molar-refractivity contribution is 0.175. The summed E-state index contributed by atoms with van der Waals surface area (Å²) in [6.45, 7) is 1.05. The van der Waals surface area contributed by atoms with Gasteiger partial charge in [-0.25, -0.2) is 0 Å². The van der Waals surface area contributed by atoms with Crippen LogP contribution in [0.1, 0.15) is 0 Å². The molecule has 1 aliphatic heterocycles. The molecule has 0 radical (unpaired) electrons. The summed E-state index contributed by atoms with van der Waals surface area (Å²) < 4.78 is 15.3. The van der Waals surface area contributed by atoms with E-state index in [0.717, 1.165) is 38.3 Å². The third-order valence-electron chi connectivity index (χ3n) is 8.69. The van der Waals surface area contributed by atoms with Crippen LogP contribution < -0.4 is 14.4 Å². The van der Waals surface area contributed by atoms with Crippen LogP contribution in [0.4, 0.5) is 16.4 Å². The predicted molar refractivity (Wildman–Crippen MR) is 199 cm³/mol. The van der Waals surface area contributed by atoms with Gasteiger partial charge in [-0.2, -0.15) is 0 Å². The van der Waals surface area contributed by atoms with Crippen molar-refractivity contribution in [1.29, 1.82) is 0 Å². The lowest BCUT2D eigenvalue weighted by atomic mass is 10.0. The lowest BCUT2D eigenvalue weighted by Crippen LogP contribution is -2.17. The van der Waals surface area contributed by atoms with Gasteiger partial charge < -0.3 is 9.47 Å². The molecule has 0 N–H and O–H groups in total. The van der Waals surface area contributed by atoms with E-state index in [-0.39, 0.29) is 0 Å². The maximum atomic E-state index is 6.39. The molecule has 0 saturated heterocycles. The quantitative estimate of drug-likeness (QED) is 0.180. The molecule has 0 aliphatic carbocycles. The van der Waals surface area contributed by atoms with Crippen molar-refractivity contribution >= 4 is 59.2 Å². The zero-order chi connectivity index (χ0) is 31.2. The first kappa shape index (κ1) is 27.9. The topological polar surface area (TPSA) is 21.7 Å². The highest BCUT2D eigenvalue weighted by Crippen LogP contribution is 2.57. The predicted octanol–water partition coefficient (Wildman–Crippen LogP) is 12.4. The van der Waals surface area contributed by atoms with Crippen molar-refractivity contribution in [2.75, 3.05) is 18.1 Å². The van der Waals surface area contributed by atoms with Crippen LogP contribution >= 0.6 is 22.7 Å². The number of rotatable bonds is 6. The highest BCUT2D eigenvalue weighted by molar-refractivity contribution is 7.26. The summed E-state index contributed by atoms with van der Waals surface area (Å²) in [5, 5.41) is 3.63. The van der Waals surface area contributed by atoms with Crippen LogP contribution in [0, 0.1) is 0 Å². The van der Waals surface area contributed by atoms with Gasteiger partial charge in [0.05, 0.1) is 4.88 Å². The van der Waals surface area contributed by atoms with E-state index in [1.54, 1.807) is 11.3 Å². The Morgan fingerprint density at radius 1 is 0.447 bits per heavy atom. The number of thiophene rings is 2. The summed E-state index contributed by atoms with van der Waals surface area (Å²) in [5.41, 5.74) is 8.07. The third kappa shape index (κ3) is 4.96. The lowest BCUT2D eigenvalue weighted by Gasteiger charge is -2.26. The molecule has 0 saturated carbocycles. The van der Waals surface area contributed by atoms with Crippen molar-refractivity contribution < 1.29 is 9.47 Å². The van der Waals surface area contributed by atoms with E-state index in [1.807, 2.05) is 17.4 Å². The Morgan fingerprint density at radius 3 is 1.74 bits per heavy atom. The molecule has 0 atom stereocenters. The number of ether oxygens (including phenoxy) is 2. The summed E-state index contributed by atoms with van der Waals surface area (Å²) in [6.07, 6.45) is 0. The summed E-state index contributed by atoms with van der Waals surface area (Å²) in [6, 6.07) is 54.0. The minimum Gasteiger partial charge on any atom is -0.485 e. The molecule has 8 aromatic rings. The molecule has 0 fully saturated rings. The van der Waals surface area contributed by atoms with Gasteiger partial charge in [-0.3, -0.25) is 4.90 Å². The minimum atomic E-state index is 0.518. The summed E-state index contributed by atoms with van der Waals surface area (Å²) in [5.74, 6) is 1.62. The van der Waals surface area contributed by atoms with Crippen LogP contribution in [-0.2, 0) is 0 Å². The number of hydrogen-bond donors (Lipinski definition) is 0. The van der Waals surface area contributed by atoms with Gasteiger partial charge in [0.15, 0.2) is 11.5 Å². The van der Waals surface area contributed by atoms with Gasteiger partial charge in [0.2, 0.25) is 0 Å². The Balaban J connectivity index is 1.18. The van der Waals surface area contributed by atoms with Crippen LogP contribution in [0.25, 0.3) is 52.9 Å². The number of anilines is 3. The molecule has 0 bridgehead atoms. The van der Waals surface area contributed by atoms with Crippen molar-refractivity contribution in [3.63, 3.8) is 0 Å². The van der Waals surface area contributed by atoms with Gasteiger partial charge >= 0.3 is 0 Å². The molecular formula is C42H29NO2S2. The molecule has 1 aliphatic rings. The fourth-order valence-corrected chi connectivity index (χ4v) is 8.92. The monoisotopic (exact) mass is 643 g/mol. The zero-order valence-corrected chi connectivity index (χ0v) is 27.1. The molecule has 3 nitrogen and oxygen atoms in total. The van der Waals surface area contributed by atoms with Crippen LogP contribution in [0.3, 0.4) is 0 Å². The fraction of sp³-hybridized carbons (Fsp3) is 0.0476. The first-order valence-electron chi connectivity index (χ1n) is 15.8. The van der Waals surface area contributed by atoms with Crippen molar-refractivity contribution in [2.24, 2.45) is 0 Å². The second kappa shape index (κ2) is 11.8. The summed E-state index contributed by atoms with van der Waals surface area (Å²) in [4.78, 5) is 3.39. The SMILES string of the molecule is c1ccc(-c2ccc(N(c3ccc(-c4cccc5c4sc4ccccc45)cc3)c3sc(-c4ccccc4)c4c3OCCO4)cc2)cc1. The van der Waals surface area contributed by atoms with Gasteiger partial charge in [0, 0.05) is 31.5 Å². The standard InChI is InChI=1S/C42H29NO2S2/c1-3-10-28(11-4-1)29-18-22-32(23-19-29)43(42-39-38(44-26-27-45-39)40(47-42)31-12-5-2-6-13-31)33-24-20-30(21-25-33)34-15-9-16-36-35-14-7-8-17-37(35)46-41(34)36/h1-25H,26-27H2. The smallest absolute Gasteiger partial charge is 0.197 e. The van der Waals surface area contributed by atoms with Crippen molar-refractivity contribution in [3.8, 4) is 44.2 Å². The molecular weight excluding hydrogens is 615 g/mol. The van der Waals surface area contributed by atoms with Crippen molar-refractivity contribution in [1.82, 2.24) is 0 Å². The molecule has 2 aromatic heterocycles. The first-order chi connectivity index (χ1) is 23.3. The van der Waals surface area contributed by atoms with E-state index in [9.17, 15) is 0 Å². The molecule has 9 rings (SSSR count). The van der Waals surface area contributed by atoms with Gasteiger partial charge in [-0.05, 0) is 58.1 Å². The second-order valence-corrected chi connectivity index (χ2v) is 13.6. The molecule has 47 heavy (non-hydrogen) atoms. The van der Waals surface area contributed by atoms with E-state index < -0.39 is 0 Å². The van der Waals surface area contributed by atoms with Crippen LogP contribution in [0.5, 0.6) is 11.5 Å². The number of fused-ring (bicyclic) bond motifs is 4. The molecule has 0 unspecified atom stereocenters. The minimum absolute atomic E-state index is 0.518. The van der Waals surface area contributed by atoms with E-state index in [0.29, 0.717) is 13.2 Å². The number of nitrogens with zero attached hydrogens (tertiary/aromatic N) is 1. The first-order valence-corrected chi connectivity index (χ1v) is 17.4. The molecule has 0 spiro atoms. The van der Waals surface area contributed by atoms with Crippen LogP contribution in [0.15, 0.2) is 152 Å². The Kier molecular flexibility index (Phi) is 6.99. The summed E-state index contributed by atoms with van der Waals surface area (Å²) in [7, 11) is 0. The van der Waals surface area contributed by atoms with Crippen LogP contribution in [0.2, 0.25) is 0 Å². The second-order valence-electron chi connectivity index (χ2n) is 11.5. The highest BCUT2D eigenvalue weighted by Gasteiger charge is 2.30. The van der Waals surface area contributed by atoms with Gasteiger partial charge in [-0.1, -0.05) is 121 Å². The van der Waals surface area contributed by atoms with E-state index >= 15 is 0 Å². The van der Waals surface area contributed by atoms with Crippen LogP contribution in [-0.4, -0.2) is 13.2 Å².